The second kappa shape index (κ2) is 6.71. The molecule has 0 bridgehead atoms. The summed E-state index contributed by atoms with van der Waals surface area (Å²) in [6, 6.07) is 5.96. The first-order valence-corrected chi connectivity index (χ1v) is 7.88. The maximum Gasteiger partial charge on any atom is 0.147 e. The van der Waals surface area contributed by atoms with Crippen LogP contribution in [-0.2, 0) is 16.3 Å². The Morgan fingerprint density at radius 1 is 1.41 bits per heavy atom. The third kappa shape index (κ3) is 6.38. The molecule has 96 valence electrons. The van der Waals surface area contributed by atoms with Crippen LogP contribution in [0.5, 0.6) is 0 Å². The summed E-state index contributed by atoms with van der Waals surface area (Å²) in [6.07, 6.45) is 4.43. The lowest BCUT2D eigenvalue weighted by Gasteiger charge is -2.16. The van der Waals surface area contributed by atoms with Crippen molar-refractivity contribution in [3.63, 3.8) is 0 Å². The summed E-state index contributed by atoms with van der Waals surface area (Å²) >= 11 is 0. The number of rotatable bonds is 7. The van der Waals surface area contributed by atoms with Gasteiger partial charge in [-0.05, 0) is 25.1 Å². The van der Waals surface area contributed by atoms with Crippen molar-refractivity contribution in [3.05, 3.63) is 30.1 Å². The molecule has 1 N–H and O–H groups in total. The van der Waals surface area contributed by atoms with E-state index in [-0.39, 0.29) is 11.8 Å². The number of sulfone groups is 1. The van der Waals surface area contributed by atoms with Gasteiger partial charge in [-0.25, -0.2) is 8.42 Å². The van der Waals surface area contributed by atoms with Crippen LogP contribution in [0.3, 0.4) is 0 Å². The van der Waals surface area contributed by atoms with Gasteiger partial charge in [-0.15, -0.1) is 0 Å². The normalized spacial score (nSPS) is 13.5. The fraction of sp³-hybridized carbons (Fsp3) is 0.583. The molecule has 1 aromatic rings. The summed E-state index contributed by atoms with van der Waals surface area (Å²) < 4.78 is 22.3. The molecule has 1 rings (SSSR count). The van der Waals surface area contributed by atoms with Crippen molar-refractivity contribution in [3.8, 4) is 0 Å². The average Bonchev–Trinajstić information content (AvgIpc) is 2.27. The van der Waals surface area contributed by atoms with Gasteiger partial charge in [0, 0.05) is 30.6 Å². The van der Waals surface area contributed by atoms with Gasteiger partial charge in [0.15, 0.2) is 0 Å². The molecule has 0 aliphatic rings. The SMILES string of the molecule is CCNC(CCS(C)(=O)=O)Cc1ccccn1. The van der Waals surface area contributed by atoms with Gasteiger partial charge in [0.05, 0.1) is 5.75 Å². The Hall–Kier alpha value is -0.940. The third-order valence-corrected chi connectivity index (χ3v) is 3.49. The smallest absolute Gasteiger partial charge is 0.147 e. The molecule has 0 amide bonds. The highest BCUT2D eigenvalue weighted by atomic mass is 32.2. The lowest BCUT2D eigenvalue weighted by Crippen LogP contribution is -2.33. The summed E-state index contributed by atoms with van der Waals surface area (Å²) in [4.78, 5) is 4.26. The minimum atomic E-state index is -2.89. The highest BCUT2D eigenvalue weighted by Gasteiger charge is 2.12. The Balaban J connectivity index is 2.54. The topological polar surface area (TPSA) is 59.1 Å². The molecule has 0 radical (unpaired) electrons. The number of nitrogens with zero attached hydrogens (tertiary/aromatic N) is 1. The molecule has 1 aromatic heterocycles. The Bertz CT molecular complexity index is 417. The second-order valence-electron chi connectivity index (χ2n) is 4.20. The van der Waals surface area contributed by atoms with Crippen molar-refractivity contribution in [2.45, 2.75) is 25.8 Å². The molecule has 0 saturated heterocycles. The van der Waals surface area contributed by atoms with Crippen molar-refractivity contribution >= 4 is 9.84 Å². The molecule has 1 atom stereocenters. The first kappa shape index (κ1) is 14.1. The maximum absolute atomic E-state index is 11.1. The highest BCUT2D eigenvalue weighted by molar-refractivity contribution is 7.90. The monoisotopic (exact) mass is 256 g/mol. The van der Waals surface area contributed by atoms with Crippen LogP contribution in [0.2, 0.25) is 0 Å². The van der Waals surface area contributed by atoms with Gasteiger partial charge >= 0.3 is 0 Å². The van der Waals surface area contributed by atoms with E-state index in [1.54, 1.807) is 6.20 Å². The third-order valence-electron chi connectivity index (χ3n) is 2.51. The van der Waals surface area contributed by atoms with Crippen molar-refractivity contribution < 1.29 is 8.42 Å². The number of pyridine rings is 1. The van der Waals surface area contributed by atoms with Gasteiger partial charge in [-0.3, -0.25) is 4.98 Å². The molecule has 0 spiro atoms. The standard InChI is InChI=1S/C12H20N2O2S/c1-3-13-12(7-9-17(2,15)16)10-11-6-4-5-8-14-11/h4-6,8,12-13H,3,7,9-10H2,1-2H3. The second-order valence-corrected chi connectivity index (χ2v) is 6.46. The van der Waals surface area contributed by atoms with Gasteiger partial charge in [0.25, 0.3) is 0 Å². The largest absolute Gasteiger partial charge is 0.314 e. The summed E-state index contributed by atoms with van der Waals surface area (Å²) in [5.74, 6) is 0.220. The van der Waals surface area contributed by atoms with Gasteiger partial charge < -0.3 is 5.32 Å². The van der Waals surface area contributed by atoms with Crippen LogP contribution in [-0.4, -0.2) is 38.0 Å². The Kier molecular flexibility index (Phi) is 5.58. The van der Waals surface area contributed by atoms with Crippen LogP contribution in [0.25, 0.3) is 0 Å². The van der Waals surface area contributed by atoms with E-state index >= 15 is 0 Å². The summed E-state index contributed by atoms with van der Waals surface area (Å²) in [6.45, 7) is 2.85. The van der Waals surface area contributed by atoms with E-state index in [4.69, 9.17) is 0 Å². The van der Waals surface area contributed by atoms with E-state index in [1.807, 2.05) is 25.1 Å². The van der Waals surface area contributed by atoms with E-state index in [9.17, 15) is 8.42 Å². The lowest BCUT2D eigenvalue weighted by atomic mass is 10.1. The predicted octanol–water partition coefficient (Wildman–Crippen LogP) is 1.04. The molecule has 4 nitrogen and oxygen atoms in total. The van der Waals surface area contributed by atoms with Gasteiger partial charge in [0.1, 0.15) is 9.84 Å². The molecule has 1 heterocycles. The highest BCUT2D eigenvalue weighted by Crippen LogP contribution is 2.04. The van der Waals surface area contributed by atoms with Gasteiger partial charge in [0.2, 0.25) is 0 Å². The number of aromatic nitrogens is 1. The molecule has 0 saturated carbocycles. The van der Waals surface area contributed by atoms with Gasteiger partial charge in [-0.2, -0.15) is 0 Å². The van der Waals surface area contributed by atoms with Crippen LogP contribution in [0.1, 0.15) is 19.0 Å². The van der Waals surface area contributed by atoms with Crippen molar-refractivity contribution in [1.29, 1.82) is 0 Å². The zero-order valence-electron chi connectivity index (χ0n) is 10.4. The minimum Gasteiger partial charge on any atom is -0.314 e. The summed E-state index contributed by atoms with van der Waals surface area (Å²) in [5, 5.41) is 3.30. The van der Waals surface area contributed by atoms with E-state index in [1.165, 1.54) is 6.26 Å². The molecule has 0 fully saturated rings. The van der Waals surface area contributed by atoms with E-state index < -0.39 is 9.84 Å². The minimum absolute atomic E-state index is 0.171. The molecule has 0 aromatic carbocycles. The number of hydrogen-bond acceptors (Lipinski definition) is 4. The fourth-order valence-electron chi connectivity index (χ4n) is 1.69. The van der Waals surface area contributed by atoms with Crippen LogP contribution in [0.15, 0.2) is 24.4 Å². The maximum atomic E-state index is 11.1. The van der Waals surface area contributed by atoms with Crippen LogP contribution in [0.4, 0.5) is 0 Å². The molecule has 17 heavy (non-hydrogen) atoms. The predicted molar refractivity (Wildman–Crippen MR) is 69.7 cm³/mol. The molecule has 1 unspecified atom stereocenters. The van der Waals surface area contributed by atoms with E-state index in [0.29, 0.717) is 6.42 Å². The van der Waals surface area contributed by atoms with Crippen molar-refractivity contribution in [1.82, 2.24) is 10.3 Å². The number of nitrogens with one attached hydrogen (secondary N) is 1. The Labute approximate surface area is 103 Å². The Morgan fingerprint density at radius 2 is 2.18 bits per heavy atom. The number of likely N-dealkylation sites (N-methyl/N-ethyl adjacent to an activating group) is 1. The van der Waals surface area contributed by atoms with E-state index in [2.05, 4.69) is 10.3 Å². The lowest BCUT2D eigenvalue weighted by molar-refractivity contribution is 0.501. The Morgan fingerprint density at radius 3 is 2.71 bits per heavy atom. The van der Waals surface area contributed by atoms with Crippen LogP contribution in [0, 0.1) is 0 Å². The van der Waals surface area contributed by atoms with Crippen LogP contribution < -0.4 is 5.32 Å². The molecule has 0 aliphatic carbocycles. The quantitative estimate of drug-likeness (QED) is 0.792. The molecule has 0 aliphatic heterocycles. The number of hydrogen-bond donors (Lipinski definition) is 1. The first-order valence-electron chi connectivity index (χ1n) is 5.82. The van der Waals surface area contributed by atoms with Crippen molar-refractivity contribution in [2.24, 2.45) is 0 Å². The van der Waals surface area contributed by atoms with E-state index in [0.717, 1.165) is 18.7 Å². The molecular weight excluding hydrogens is 236 g/mol. The average molecular weight is 256 g/mol. The zero-order chi connectivity index (χ0) is 12.7. The molecular formula is C12H20N2O2S. The molecule has 5 heteroatoms. The summed E-state index contributed by atoms with van der Waals surface area (Å²) in [5.41, 5.74) is 0.993. The fourth-order valence-corrected chi connectivity index (χ4v) is 2.41. The van der Waals surface area contributed by atoms with Crippen LogP contribution >= 0.6 is 0 Å². The first-order chi connectivity index (χ1) is 8.01. The van der Waals surface area contributed by atoms with Gasteiger partial charge in [-0.1, -0.05) is 13.0 Å². The zero-order valence-corrected chi connectivity index (χ0v) is 11.2. The summed E-state index contributed by atoms with van der Waals surface area (Å²) in [7, 11) is -2.89. The van der Waals surface area contributed by atoms with Crippen molar-refractivity contribution in [2.75, 3.05) is 18.6 Å².